The van der Waals surface area contributed by atoms with Gasteiger partial charge in [-0.25, -0.2) is 9.97 Å². The largest absolute Gasteiger partial charge is 0.354 e. The Morgan fingerprint density at radius 1 is 1.06 bits per heavy atom. The van der Waals surface area contributed by atoms with Crippen molar-refractivity contribution >= 4 is 41.8 Å². The molecule has 1 fully saturated rings. The van der Waals surface area contributed by atoms with Gasteiger partial charge in [0.2, 0.25) is 0 Å². The van der Waals surface area contributed by atoms with E-state index in [2.05, 4.69) is 44.0 Å². The molecule has 0 bridgehead atoms. The van der Waals surface area contributed by atoms with Crippen LogP contribution in [0, 0.1) is 0 Å². The van der Waals surface area contributed by atoms with E-state index in [9.17, 15) is 4.79 Å². The maximum absolute atomic E-state index is 13.1. The van der Waals surface area contributed by atoms with E-state index in [0.717, 1.165) is 53.9 Å². The number of aryl methyl sites for hydroxylation is 1. The average molecular weight is 465 g/mol. The molecule has 0 aliphatic carbocycles. The number of nitrogens with zero attached hydrogens (tertiary/aromatic N) is 6. The van der Waals surface area contributed by atoms with E-state index < -0.39 is 0 Å². The van der Waals surface area contributed by atoms with Gasteiger partial charge in [0.1, 0.15) is 19.5 Å². The number of amides is 1. The molecule has 0 spiro atoms. The van der Waals surface area contributed by atoms with Gasteiger partial charge in [-0.05, 0) is 60.0 Å². The summed E-state index contributed by atoms with van der Waals surface area (Å²) in [6, 6.07) is 11.9. The van der Waals surface area contributed by atoms with Crippen molar-refractivity contribution < 1.29 is 4.79 Å². The fourth-order valence-electron chi connectivity index (χ4n) is 4.49. The molecule has 9 heteroatoms. The number of pyridine rings is 2. The molecule has 3 aromatic heterocycles. The average Bonchev–Trinajstić information content (AvgIpc) is 3.30. The summed E-state index contributed by atoms with van der Waals surface area (Å²) in [6.45, 7) is 8.17. The quantitative estimate of drug-likeness (QED) is 0.457. The van der Waals surface area contributed by atoms with E-state index >= 15 is 0 Å². The predicted molar refractivity (Wildman–Crippen MR) is 140 cm³/mol. The van der Waals surface area contributed by atoms with Gasteiger partial charge in [0.15, 0.2) is 0 Å². The second-order valence-corrected chi connectivity index (χ2v) is 9.20. The lowest BCUT2D eigenvalue weighted by molar-refractivity contribution is 0.102. The molecule has 4 aromatic rings. The predicted octanol–water partition coefficient (Wildman–Crippen LogP) is 2.61. The van der Waals surface area contributed by atoms with Gasteiger partial charge in [-0.3, -0.25) is 14.4 Å². The van der Waals surface area contributed by atoms with E-state index in [-0.39, 0.29) is 5.91 Å². The van der Waals surface area contributed by atoms with Crippen LogP contribution in [-0.2, 0) is 7.05 Å². The van der Waals surface area contributed by atoms with Crippen molar-refractivity contribution in [2.75, 3.05) is 36.4 Å². The van der Waals surface area contributed by atoms with Crippen molar-refractivity contribution in [1.82, 2.24) is 24.6 Å². The Kier molecular flexibility index (Phi) is 6.26. The van der Waals surface area contributed by atoms with Gasteiger partial charge in [0, 0.05) is 62.8 Å². The highest BCUT2D eigenvalue weighted by molar-refractivity contribution is 6.37. The molecule has 0 unspecified atom stereocenters. The maximum atomic E-state index is 13.1. The molecule has 0 saturated carbocycles. The van der Waals surface area contributed by atoms with Gasteiger partial charge >= 0.3 is 0 Å². The molecule has 1 N–H and O–H groups in total. The van der Waals surface area contributed by atoms with Gasteiger partial charge in [0.05, 0.1) is 6.20 Å². The standard InChI is InChI=1S/C26H28BN7O/c1-17(2)33-8-10-34(11-9-33)24-14-19(6-7-28-24)26(35)31-23-13-20-12-18(21-15-29-32(3)16-21)4-5-22(20)25(27)30-23/h4-7,12-17H,8-11H2,1-3H3,(H,30,31,35). The number of carbonyl (C=O) groups is 1. The molecule has 35 heavy (non-hydrogen) atoms. The number of fused-ring (bicyclic) bond motifs is 1. The number of hydrogen-bond donors (Lipinski definition) is 1. The number of benzene rings is 1. The summed E-state index contributed by atoms with van der Waals surface area (Å²) in [4.78, 5) is 26.7. The minimum Gasteiger partial charge on any atom is -0.354 e. The third kappa shape index (κ3) is 4.90. The lowest BCUT2D eigenvalue weighted by atomic mass is 9.94. The molecule has 1 aliphatic rings. The van der Waals surface area contributed by atoms with Crippen molar-refractivity contribution in [3.05, 3.63) is 60.6 Å². The Morgan fingerprint density at radius 2 is 1.86 bits per heavy atom. The molecule has 1 amide bonds. The first-order valence-corrected chi connectivity index (χ1v) is 11.8. The van der Waals surface area contributed by atoms with Crippen molar-refractivity contribution in [2.24, 2.45) is 7.05 Å². The Hall–Kier alpha value is -3.72. The van der Waals surface area contributed by atoms with Gasteiger partial charge < -0.3 is 10.2 Å². The van der Waals surface area contributed by atoms with E-state index in [0.29, 0.717) is 23.0 Å². The van der Waals surface area contributed by atoms with Crippen LogP contribution in [0.25, 0.3) is 21.9 Å². The number of anilines is 2. The molecular weight excluding hydrogens is 437 g/mol. The first kappa shape index (κ1) is 23.0. The second kappa shape index (κ2) is 9.50. The third-order valence-corrected chi connectivity index (χ3v) is 6.52. The number of carbonyl (C=O) groups excluding carboxylic acids is 1. The Morgan fingerprint density at radius 3 is 2.57 bits per heavy atom. The number of nitrogens with one attached hydrogen (secondary N) is 1. The summed E-state index contributed by atoms with van der Waals surface area (Å²) < 4.78 is 1.76. The molecule has 1 aromatic carbocycles. The van der Waals surface area contributed by atoms with Crippen LogP contribution in [0.1, 0.15) is 24.2 Å². The van der Waals surface area contributed by atoms with Crippen molar-refractivity contribution in [1.29, 1.82) is 0 Å². The van der Waals surface area contributed by atoms with E-state index in [1.165, 1.54) is 0 Å². The summed E-state index contributed by atoms with van der Waals surface area (Å²) >= 11 is 0. The zero-order valence-corrected chi connectivity index (χ0v) is 20.3. The normalized spacial score (nSPS) is 14.6. The zero-order chi connectivity index (χ0) is 24.5. The fourth-order valence-corrected chi connectivity index (χ4v) is 4.49. The Bertz CT molecular complexity index is 1380. The van der Waals surface area contributed by atoms with Crippen LogP contribution in [0.2, 0.25) is 0 Å². The zero-order valence-electron chi connectivity index (χ0n) is 20.3. The van der Waals surface area contributed by atoms with Crippen LogP contribution in [0.15, 0.2) is 55.0 Å². The number of rotatable bonds is 5. The van der Waals surface area contributed by atoms with Crippen molar-refractivity contribution in [3.63, 3.8) is 0 Å². The molecule has 5 rings (SSSR count). The highest BCUT2D eigenvalue weighted by Gasteiger charge is 2.20. The highest BCUT2D eigenvalue weighted by atomic mass is 16.1. The van der Waals surface area contributed by atoms with Gasteiger partial charge in [0.25, 0.3) is 5.91 Å². The highest BCUT2D eigenvalue weighted by Crippen LogP contribution is 2.25. The first-order chi connectivity index (χ1) is 16.9. The van der Waals surface area contributed by atoms with Crippen LogP contribution in [-0.4, -0.2) is 70.6 Å². The minimum atomic E-state index is -0.246. The molecule has 1 saturated heterocycles. The monoisotopic (exact) mass is 465 g/mol. The summed E-state index contributed by atoms with van der Waals surface area (Å²) in [5.41, 5.74) is 2.93. The summed E-state index contributed by atoms with van der Waals surface area (Å²) in [6.07, 6.45) is 5.46. The fraction of sp³-hybridized carbons (Fsp3) is 0.308. The van der Waals surface area contributed by atoms with Gasteiger partial charge in [-0.15, -0.1) is 0 Å². The van der Waals surface area contributed by atoms with E-state index in [4.69, 9.17) is 7.85 Å². The molecule has 8 nitrogen and oxygen atoms in total. The summed E-state index contributed by atoms with van der Waals surface area (Å²) in [5.74, 6) is 0.976. The summed E-state index contributed by atoms with van der Waals surface area (Å²) in [5, 5.41) is 8.88. The minimum absolute atomic E-state index is 0.246. The Balaban J connectivity index is 1.35. The van der Waals surface area contributed by atoms with Gasteiger partial charge in [-0.1, -0.05) is 12.1 Å². The smallest absolute Gasteiger partial charge is 0.257 e. The van der Waals surface area contributed by atoms with E-state index in [1.54, 1.807) is 16.9 Å². The second-order valence-electron chi connectivity index (χ2n) is 9.20. The molecule has 0 atom stereocenters. The lowest BCUT2D eigenvalue weighted by Crippen LogP contribution is -2.49. The lowest BCUT2D eigenvalue weighted by Gasteiger charge is -2.37. The Labute approximate surface area is 206 Å². The molecule has 176 valence electrons. The number of aromatic nitrogens is 4. The number of hydrogen-bond acceptors (Lipinski definition) is 6. The van der Waals surface area contributed by atoms with Crippen molar-refractivity contribution in [2.45, 2.75) is 19.9 Å². The number of piperazine rings is 1. The van der Waals surface area contributed by atoms with Crippen LogP contribution in [0.5, 0.6) is 0 Å². The van der Waals surface area contributed by atoms with Crippen LogP contribution < -0.4 is 15.8 Å². The van der Waals surface area contributed by atoms with Gasteiger partial charge in [-0.2, -0.15) is 5.10 Å². The third-order valence-electron chi connectivity index (χ3n) is 6.52. The van der Waals surface area contributed by atoms with Crippen molar-refractivity contribution in [3.8, 4) is 11.1 Å². The maximum Gasteiger partial charge on any atom is 0.257 e. The molecule has 4 heterocycles. The van der Waals surface area contributed by atoms with Crippen LogP contribution in [0.4, 0.5) is 11.6 Å². The molecule has 2 radical (unpaired) electrons. The van der Waals surface area contributed by atoms with E-state index in [1.807, 2.05) is 49.8 Å². The topological polar surface area (TPSA) is 79.2 Å². The van der Waals surface area contributed by atoms with Crippen LogP contribution >= 0.6 is 0 Å². The van der Waals surface area contributed by atoms with Crippen LogP contribution in [0.3, 0.4) is 0 Å². The first-order valence-electron chi connectivity index (χ1n) is 11.8. The summed E-state index contributed by atoms with van der Waals surface area (Å²) in [7, 11) is 8.10. The molecular formula is C26H28BN7O. The SMILES string of the molecule is [B]c1nc(NC(=O)c2ccnc(N3CCN(C(C)C)CC3)c2)cc2cc(-c3cnn(C)c3)ccc12. The molecule has 1 aliphatic heterocycles.